The molecule has 4 aromatic rings. The molecule has 0 atom stereocenters. The molecule has 1 aliphatic rings. The van der Waals surface area contributed by atoms with Crippen LogP contribution in [-0.2, 0) is 10.0 Å². The van der Waals surface area contributed by atoms with Crippen LogP contribution in [0.15, 0.2) is 47.7 Å². The zero-order valence-electron chi connectivity index (χ0n) is 21.5. The van der Waals surface area contributed by atoms with E-state index in [0.29, 0.717) is 32.0 Å². The van der Waals surface area contributed by atoms with Gasteiger partial charge in [-0.1, -0.05) is 0 Å². The van der Waals surface area contributed by atoms with Gasteiger partial charge in [-0.3, -0.25) is 4.79 Å². The third-order valence-electron chi connectivity index (χ3n) is 6.44. The van der Waals surface area contributed by atoms with Crippen molar-refractivity contribution in [2.45, 2.75) is 19.9 Å². The van der Waals surface area contributed by atoms with Crippen LogP contribution in [-0.4, -0.2) is 69.7 Å². The van der Waals surface area contributed by atoms with E-state index in [-0.39, 0.29) is 34.3 Å². The Morgan fingerprint density at radius 3 is 2.33 bits per heavy atom. The van der Waals surface area contributed by atoms with E-state index in [1.54, 1.807) is 26.1 Å². The van der Waals surface area contributed by atoms with Gasteiger partial charge in [-0.25, -0.2) is 37.1 Å². The molecule has 3 aromatic heterocycles. The molecule has 0 bridgehead atoms. The van der Waals surface area contributed by atoms with E-state index in [2.05, 4.69) is 25.3 Å². The number of halogens is 2. The maximum absolute atomic E-state index is 15.0. The predicted molar refractivity (Wildman–Crippen MR) is 143 cm³/mol. The lowest BCUT2D eigenvalue weighted by molar-refractivity contribution is 0.388. The number of nitrogens with one attached hydrogen (secondary N) is 1. The Balaban J connectivity index is 1.39. The first-order valence-corrected chi connectivity index (χ1v) is 14.0. The molecule has 1 aromatic carbocycles. The van der Waals surface area contributed by atoms with Crippen LogP contribution in [0.5, 0.6) is 0 Å². The first kappa shape index (κ1) is 26.6. The second-order valence-corrected chi connectivity index (χ2v) is 11.4. The molecule has 0 amide bonds. The topological polar surface area (TPSA) is 126 Å². The largest absolute Gasteiger partial charge is 0.368 e. The summed E-state index contributed by atoms with van der Waals surface area (Å²) in [7, 11) is -3.22. The molecule has 0 spiro atoms. The van der Waals surface area contributed by atoms with Gasteiger partial charge in [0.25, 0.3) is 5.56 Å². The van der Waals surface area contributed by atoms with Crippen LogP contribution >= 0.6 is 0 Å². The van der Waals surface area contributed by atoms with Crippen LogP contribution in [0.1, 0.15) is 19.9 Å². The molecular formula is C25H26F2N8O3S. The van der Waals surface area contributed by atoms with Crippen molar-refractivity contribution in [3.8, 4) is 11.3 Å². The summed E-state index contributed by atoms with van der Waals surface area (Å²) >= 11 is 0. The van der Waals surface area contributed by atoms with E-state index >= 15 is 0 Å². The number of pyridine rings is 1. The number of fused-ring (bicyclic) bond motifs is 1. The Hall–Kier alpha value is -4.04. The minimum Gasteiger partial charge on any atom is -0.368 e. The summed E-state index contributed by atoms with van der Waals surface area (Å²) in [5, 5.41) is 2.92. The van der Waals surface area contributed by atoms with Crippen LogP contribution in [0, 0.1) is 11.6 Å². The fourth-order valence-electron chi connectivity index (χ4n) is 4.54. The summed E-state index contributed by atoms with van der Waals surface area (Å²) in [6.45, 7) is 5.43. The van der Waals surface area contributed by atoms with Gasteiger partial charge >= 0.3 is 0 Å². The molecule has 14 heteroatoms. The van der Waals surface area contributed by atoms with E-state index in [9.17, 15) is 22.0 Å². The van der Waals surface area contributed by atoms with Crippen molar-refractivity contribution < 1.29 is 17.2 Å². The van der Waals surface area contributed by atoms with Crippen LogP contribution in [0.4, 0.5) is 26.2 Å². The van der Waals surface area contributed by atoms with Crippen molar-refractivity contribution in [3.63, 3.8) is 0 Å². The molecule has 11 nitrogen and oxygen atoms in total. The van der Waals surface area contributed by atoms with Crippen molar-refractivity contribution in [3.05, 3.63) is 64.8 Å². The quantitative estimate of drug-likeness (QED) is 0.381. The van der Waals surface area contributed by atoms with Crippen LogP contribution in [0.25, 0.3) is 22.3 Å². The lowest BCUT2D eigenvalue weighted by atomic mass is 10.1. The zero-order chi connectivity index (χ0) is 27.9. The summed E-state index contributed by atoms with van der Waals surface area (Å²) in [6, 6.07) is 5.86. The van der Waals surface area contributed by atoms with Crippen LogP contribution in [0.2, 0.25) is 0 Å². The Morgan fingerprint density at radius 1 is 0.949 bits per heavy atom. The average molecular weight is 557 g/mol. The van der Waals surface area contributed by atoms with Crippen molar-refractivity contribution >= 4 is 38.5 Å². The van der Waals surface area contributed by atoms with Crippen molar-refractivity contribution in [2.24, 2.45) is 0 Å². The van der Waals surface area contributed by atoms with Gasteiger partial charge in [0, 0.05) is 37.8 Å². The Kier molecular flexibility index (Phi) is 6.99. The van der Waals surface area contributed by atoms with E-state index in [0.717, 1.165) is 24.1 Å². The standard InChI is InChI=1S/C25H26F2N8O3S/c1-15(2)35-20-11-16(10-18(26)24(20)29-14-22(35)36)23-19(27)13-30-25(32-23)31-21-5-4-17(12-28-21)33-6-8-34(9-7-33)39(3,37)38/h4-5,10-15H,6-9H2,1-3H3,(H,28,30,31,32). The predicted octanol–water partition coefficient (Wildman–Crippen LogP) is 2.93. The van der Waals surface area contributed by atoms with Crippen LogP contribution in [0.3, 0.4) is 0 Å². The Labute approximate surface area is 223 Å². The van der Waals surface area contributed by atoms with E-state index in [1.807, 2.05) is 11.0 Å². The molecule has 1 N–H and O–H groups in total. The van der Waals surface area contributed by atoms with Crippen LogP contribution < -0.4 is 15.8 Å². The molecule has 1 saturated heterocycles. The van der Waals surface area contributed by atoms with Gasteiger partial charge in [0.15, 0.2) is 11.6 Å². The molecule has 0 radical (unpaired) electrons. The minimum atomic E-state index is -3.22. The Bertz CT molecular complexity index is 1700. The summed E-state index contributed by atoms with van der Waals surface area (Å²) in [5.74, 6) is -1.03. The van der Waals surface area contributed by atoms with Gasteiger partial charge in [0.1, 0.15) is 17.0 Å². The van der Waals surface area contributed by atoms with Gasteiger partial charge in [0.2, 0.25) is 16.0 Å². The van der Waals surface area contributed by atoms with Crippen molar-refractivity contribution in [1.82, 2.24) is 28.8 Å². The normalized spacial score (nSPS) is 14.8. The van der Waals surface area contributed by atoms with Gasteiger partial charge < -0.3 is 14.8 Å². The fourth-order valence-corrected chi connectivity index (χ4v) is 5.36. The van der Waals surface area contributed by atoms with Gasteiger partial charge in [-0.2, -0.15) is 4.31 Å². The van der Waals surface area contributed by atoms with Gasteiger partial charge in [-0.05, 0) is 38.1 Å². The first-order chi connectivity index (χ1) is 18.5. The number of hydrogen-bond acceptors (Lipinski definition) is 9. The molecule has 1 fully saturated rings. The maximum atomic E-state index is 15.0. The lowest BCUT2D eigenvalue weighted by Crippen LogP contribution is -2.48. The first-order valence-electron chi connectivity index (χ1n) is 12.2. The molecule has 5 rings (SSSR count). The summed E-state index contributed by atoms with van der Waals surface area (Å²) in [4.78, 5) is 30.9. The number of piperazine rings is 1. The number of sulfonamides is 1. The smallest absolute Gasteiger partial charge is 0.269 e. The minimum absolute atomic E-state index is 0.00175. The summed E-state index contributed by atoms with van der Waals surface area (Å²) in [5.41, 5.74) is 0.635. The number of aromatic nitrogens is 5. The molecule has 0 aliphatic carbocycles. The number of hydrogen-bond donors (Lipinski definition) is 1. The maximum Gasteiger partial charge on any atom is 0.269 e. The highest BCUT2D eigenvalue weighted by molar-refractivity contribution is 7.88. The molecule has 0 saturated carbocycles. The zero-order valence-corrected chi connectivity index (χ0v) is 22.3. The summed E-state index contributed by atoms with van der Waals surface area (Å²) in [6.07, 6.45) is 4.87. The molecule has 4 heterocycles. The highest BCUT2D eigenvalue weighted by Gasteiger charge is 2.23. The third kappa shape index (κ3) is 5.43. The molecule has 204 valence electrons. The second-order valence-electron chi connectivity index (χ2n) is 9.45. The second kappa shape index (κ2) is 10.3. The summed E-state index contributed by atoms with van der Waals surface area (Å²) < 4.78 is 56.0. The highest BCUT2D eigenvalue weighted by atomic mass is 32.2. The third-order valence-corrected chi connectivity index (χ3v) is 7.74. The Morgan fingerprint density at radius 2 is 1.69 bits per heavy atom. The number of benzene rings is 1. The number of rotatable bonds is 6. The molecular weight excluding hydrogens is 530 g/mol. The fraction of sp³-hybridized carbons (Fsp3) is 0.320. The van der Waals surface area contributed by atoms with E-state index in [1.165, 1.54) is 21.2 Å². The molecule has 39 heavy (non-hydrogen) atoms. The number of nitrogens with zero attached hydrogens (tertiary/aromatic N) is 7. The van der Waals surface area contributed by atoms with Crippen molar-refractivity contribution in [1.29, 1.82) is 0 Å². The molecule has 0 unspecified atom stereocenters. The van der Waals surface area contributed by atoms with E-state index < -0.39 is 27.2 Å². The SMILES string of the molecule is CC(C)n1c(=O)cnc2c(F)cc(-c3nc(Nc4ccc(N5CCN(S(C)(=O)=O)CC5)cn4)ncc3F)cc21. The highest BCUT2D eigenvalue weighted by Crippen LogP contribution is 2.28. The van der Waals surface area contributed by atoms with Gasteiger partial charge in [-0.15, -0.1) is 0 Å². The number of anilines is 3. The lowest BCUT2D eigenvalue weighted by Gasteiger charge is -2.34. The average Bonchev–Trinajstić information content (AvgIpc) is 2.89. The van der Waals surface area contributed by atoms with Crippen molar-refractivity contribution in [2.75, 3.05) is 42.7 Å². The van der Waals surface area contributed by atoms with E-state index in [4.69, 9.17) is 0 Å². The molecule has 1 aliphatic heterocycles. The van der Waals surface area contributed by atoms with Gasteiger partial charge in [0.05, 0.1) is 36.1 Å². The monoisotopic (exact) mass is 556 g/mol.